The Kier molecular flexibility index (Phi) is 3.49. The molecule has 1 aliphatic rings. The van der Waals surface area contributed by atoms with E-state index in [0.29, 0.717) is 6.42 Å². The SMILES string of the molecule is Cc1cc2c(n1C(C)(C)CC(N)=O)CC(C)(C)CC2O. The van der Waals surface area contributed by atoms with Crippen LogP contribution < -0.4 is 5.73 Å². The molecule has 0 fully saturated rings. The van der Waals surface area contributed by atoms with Gasteiger partial charge >= 0.3 is 0 Å². The molecular formula is C16H26N2O2. The zero-order valence-corrected chi connectivity index (χ0v) is 13.2. The number of nitrogens with two attached hydrogens (primary N) is 1. The number of aliphatic hydroxyl groups is 1. The molecule has 0 aliphatic heterocycles. The first kappa shape index (κ1) is 15.1. The Balaban J connectivity index is 2.54. The topological polar surface area (TPSA) is 68.2 Å². The number of nitrogens with zero attached hydrogens (tertiary/aromatic N) is 1. The number of hydrogen-bond donors (Lipinski definition) is 2. The van der Waals surface area contributed by atoms with Crippen LogP contribution in [-0.4, -0.2) is 15.6 Å². The number of carbonyl (C=O) groups excluding carboxylic acids is 1. The fraction of sp³-hybridized carbons (Fsp3) is 0.688. The molecule has 0 saturated heterocycles. The van der Waals surface area contributed by atoms with Gasteiger partial charge in [-0.05, 0) is 45.1 Å². The van der Waals surface area contributed by atoms with Crippen molar-refractivity contribution in [3.8, 4) is 0 Å². The Labute approximate surface area is 121 Å². The molecule has 1 unspecified atom stereocenters. The highest BCUT2D eigenvalue weighted by molar-refractivity contribution is 5.74. The van der Waals surface area contributed by atoms with Gasteiger partial charge in [0.1, 0.15) is 0 Å². The van der Waals surface area contributed by atoms with E-state index >= 15 is 0 Å². The second-order valence-electron chi connectivity index (χ2n) is 7.54. The van der Waals surface area contributed by atoms with Gasteiger partial charge < -0.3 is 15.4 Å². The third-order valence-electron chi connectivity index (χ3n) is 4.28. The van der Waals surface area contributed by atoms with Crippen molar-refractivity contribution in [2.75, 3.05) is 0 Å². The highest BCUT2D eigenvalue weighted by atomic mass is 16.3. The molecule has 4 nitrogen and oxygen atoms in total. The fourth-order valence-corrected chi connectivity index (χ4v) is 3.69. The molecule has 0 aromatic carbocycles. The first-order valence-electron chi connectivity index (χ1n) is 7.21. The third-order valence-corrected chi connectivity index (χ3v) is 4.28. The monoisotopic (exact) mass is 278 g/mol. The van der Waals surface area contributed by atoms with Gasteiger partial charge in [-0.15, -0.1) is 0 Å². The number of hydrogen-bond acceptors (Lipinski definition) is 2. The van der Waals surface area contributed by atoms with Crippen LogP contribution in [-0.2, 0) is 16.8 Å². The molecule has 1 atom stereocenters. The molecular weight excluding hydrogens is 252 g/mol. The number of fused-ring (bicyclic) bond motifs is 1. The maximum absolute atomic E-state index is 11.3. The Morgan fingerprint density at radius 2 is 2.15 bits per heavy atom. The van der Waals surface area contributed by atoms with Crippen molar-refractivity contribution in [3.05, 3.63) is 23.0 Å². The van der Waals surface area contributed by atoms with Gasteiger partial charge in [0.15, 0.2) is 0 Å². The summed E-state index contributed by atoms with van der Waals surface area (Å²) in [5.74, 6) is -0.299. The molecule has 0 radical (unpaired) electrons. The van der Waals surface area contributed by atoms with Crippen LogP contribution in [0.2, 0.25) is 0 Å². The smallest absolute Gasteiger partial charge is 0.219 e. The summed E-state index contributed by atoms with van der Waals surface area (Å²) < 4.78 is 2.19. The highest BCUT2D eigenvalue weighted by Gasteiger charge is 2.37. The maximum atomic E-state index is 11.3. The second-order valence-corrected chi connectivity index (χ2v) is 7.54. The average Bonchev–Trinajstić information content (AvgIpc) is 2.51. The van der Waals surface area contributed by atoms with Crippen LogP contribution in [0.5, 0.6) is 0 Å². The van der Waals surface area contributed by atoms with Crippen LogP contribution in [0, 0.1) is 12.3 Å². The number of aryl methyl sites for hydroxylation is 1. The summed E-state index contributed by atoms with van der Waals surface area (Å²) in [6, 6.07) is 2.05. The van der Waals surface area contributed by atoms with E-state index in [4.69, 9.17) is 5.73 Å². The number of aromatic nitrogens is 1. The lowest BCUT2D eigenvalue weighted by atomic mass is 9.75. The molecule has 0 bridgehead atoms. The van der Waals surface area contributed by atoms with Crippen LogP contribution in [0.3, 0.4) is 0 Å². The van der Waals surface area contributed by atoms with Crippen LogP contribution in [0.1, 0.15) is 63.6 Å². The molecule has 0 spiro atoms. The quantitative estimate of drug-likeness (QED) is 0.891. The molecule has 3 N–H and O–H groups in total. The first-order valence-corrected chi connectivity index (χ1v) is 7.21. The van der Waals surface area contributed by atoms with Crippen molar-refractivity contribution < 1.29 is 9.90 Å². The average molecular weight is 278 g/mol. The molecule has 1 aliphatic carbocycles. The Bertz CT molecular complexity index is 541. The predicted octanol–water partition coefficient (Wildman–Crippen LogP) is 2.41. The Morgan fingerprint density at radius 3 is 2.70 bits per heavy atom. The van der Waals surface area contributed by atoms with Gasteiger partial charge in [0, 0.05) is 28.9 Å². The van der Waals surface area contributed by atoms with Crippen LogP contribution in [0.4, 0.5) is 0 Å². The van der Waals surface area contributed by atoms with Gasteiger partial charge in [-0.2, -0.15) is 0 Å². The van der Waals surface area contributed by atoms with E-state index in [2.05, 4.69) is 24.5 Å². The van der Waals surface area contributed by atoms with E-state index in [9.17, 15) is 9.90 Å². The van der Waals surface area contributed by atoms with Crippen molar-refractivity contribution in [1.82, 2.24) is 4.57 Å². The highest BCUT2D eigenvalue weighted by Crippen LogP contribution is 2.43. The van der Waals surface area contributed by atoms with Gasteiger partial charge in [-0.3, -0.25) is 4.79 Å². The molecule has 0 saturated carbocycles. The number of primary amides is 1. The first-order chi connectivity index (χ1) is 9.03. The lowest BCUT2D eigenvalue weighted by molar-refractivity contribution is -0.119. The molecule has 1 amide bonds. The van der Waals surface area contributed by atoms with Gasteiger partial charge in [0.05, 0.1) is 6.10 Å². The van der Waals surface area contributed by atoms with Gasteiger partial charge in [-0.25, -0.2) is 0 Å². The summed E-state index contributed by atoms with van der Waals surface area (Å²) in [6.07, 6.45) is 1.57. The van der Waals surface area contributed by atoms with Crippen LogP contribution in [0.25, 0.3) is 0 Å². The molecule has 1 aromatic rings. The zero-order chi connectivity index (χ0) is 15.3. The van der Waals surface area contributed by atoms with Crippen LogP contribution >= 0.6 is 0 Å². The lowest BCUT2D eigenvalue weighted by Crippen LogP contribution is -2.36. The van der Waals surface area contributed by atoms with Crippen LogP contribution in [0.15, 0.2) is 6.07 Å². The minimum absolute atomic E-state index is 0.0672. The van der Waals surface area contributed by atoms with Crippen molar-refractivity contribution in [2.45, 2.75) is 65.5 Å². The molecule has 112 valence electrons. The van der Waals surface area contributed by atoms with E-state index in [0.717, 1.165) is 29.8 Å². The summed E-state index contributed by atoms with van der Waals surface area (Å²) in [4.78, 5) is 11.3. The van der Waals surface area contributed by atoms with Gasteiger partial charge in [-0.1, -0.05) is 13.8 Å². The van der Waals surface area contributed by atoms with Gasteiger partial charge in [0.25, 0.3) is 0 Å². The Morgan fingerprint density at radius 1 is 1.55 bits per heavy atom. The normalized spacial score (nSPS) is 21.6. The van der Waals surface area contributed by atoms with E-state index in [1.54, 1.807) is 0 Å². The summed E-state index contributed by atoms with van der Waals surface area (Å²) in [6.45, 7) is 10.4. The summed E-state index contributed by atoms with van der Waals surface area (Å²) in [5, 5.41) is 10.4. The minimum Gasteiger partial charge on any atom is -0.388 e. The van der Waals surface area contributed by atoms with Gasteiger partial charge in [0.2, 0.25) is 5.91 Å². The second kappa shape index (κ2) is 4.62. The molecule has 1 aromatic heterocycles. The summed E-state index contributed by atoms with van der Waals surface area (Å²) in [5.41, 5.74) is 8.34. The molecule has 4 heteroatoms. The largest absolute Gasteiger partial charge is 0.388 e. The van der Waals surface area contributed by atoms with Crippen molar-refractivity contribution >= 4 is 5.91 Å². The minimum atomic E-state index is -0.418. The van der Waals surface area contributed by atoms with E-state index in [-0.39, 0.29) is 16.9 Å². The van der Waals surface area contributed by atoms with Crippen molar-refractivity contribution in [1.29, 1.82) is 0 Å². The molecule has 1 heterocycles. The number of amides is 1. The number of rotatable bonds is 3. The fourth-order valence-electron chi connectivity index (χ4n) is 3.69. The Hall–Kier alpha value is -1.29. The summed E-state index contributed by atoms with van der Waals surface area (Å²) in [7, 11) is 0. The molecule has 20 heavy (non-hydrogen) atoms. The number of carbonyl (C=O) groups is 1. The molecule has 2 rings (SSSR count). The lowest BCUT2D eigenvalue weighted by Gasteiger charge is -2.37. The van der Waals surface area contributed by atoms with E-state index in [1.165, 1.54) is 0 Å². The van der Waals surface area contributed by atoms with E-state index in [1.807, 2.05) is 20.8 Å². The maximum Gasteiger partial charge on any atom is 0.219 e. The predicted molar refractivity (Wildman–Crippen MR) is 79.4 cm³/mol. The van der Waals surface area contributed by atoms with Crippen molar-refractivity contribution in [3.63, 3.8) is 0 Å². The zero-order valence-electron chi connectivity index (χ0n) is 13.2. The standard InChI is InChI=1S/C16H26N2O2/c1-10-6-11-12(7-15(2,3)8-13(11)19)18(10)16(4,5)9-14(17)20/h6,13,19H,7-9H2,1-5H3,(H2,17,20). The van der Waals surface area contributed by atoms with Crippen molar-refractivity contribution in [2.24, 2.45) is 11.1 Å². The number of aliphatic hydroxyl groups excluding tert-OH is 1. The summed E-state index contributed by atoms with van der Waals surface area (Å²) >= 11 is 0. The van der Waals surface area contributed by atoms with E-state index < -0.39 is 6.10 Å². The third kappa shape index (κ3) is 2.62.